The Morgan fingerprint density at radius 3 is 2.50 bits per heavy atom. The van der Waals surface area contributed by atoms with Crippen molar-refractivity contribution in [1.82, 2.24) is 10.2 Å². The average molecular weight is 405 g/mol. The Kier molecular flexibility index (Phi) is 7.41. The number of aliphatic hydroxyl groups is 1. The molecule has 1 aromatic rings. The Balaban J connectivity index is 1.38. The van der Waals surface area contributed by atoms with E-state index in [2.05, 4.69) is 36.5 Å². The third-order valence-electron chi connectivity index (χ3n) is 6.13. The molecule has 1 heterocycles. The fourth-order valence-corrected chi connectivity index (χ4v) is 4.98. The van der Waals surface area contributed by atoms with Gasteiger partial charge >= 0.3 is 0 Å². The number of carbonyl (C=O) groups excluding carboxylic acids is 2. The number of aryl methyl sites for hydroxylation is 1. The normalized spacial score (nSPS) is 27.8. The van der Waals surface area contributed by atoms with Gasteiger partial charge in [-0.05, 0) is 56.8 Å². The molecule has 1 saturated carbocycles. The van der Waals surface area contributed by atoms with Crippen LogP contribution in [0.3, 0.4) is 0 Å². The first kappa shape index (κ1) is 21.2. The molecule has 0 bridgehead atoms. The van der Waals surface area contributed by atoms with Gasteiger partial charge in [-0.25, -0.2) is 0 Å². The molecule has 2 unspecified atom stereocenters. The predicted molar refractivity (Wildman–Crippen MR) is 113 cm³/mol. The number of hydrogen-bond donors (Lipinski definition) is 2. The van der Waals surface area contributed by atoms with E-state index in [1.807, 2.05) is 6.26 Å². The summed E-state index contributed by atoms with van der Waals surface area (Å²) in [5.74, 6) is 0.685. The van der Waals surface area contributed by atoms with Crippen LogP contribution in [0.25, 0.3) is 0 Å². The van der Waals surface area contributed by atoms with Gasteiger partial charge in [0, 0.05) is 25.4 Å². The van der Waals surface area contributed by atoms with Crippen molar-refractivity contribution >= 4 is 23.6 Å². The molecule has 28 heavy (non-hydrogen) atoms. The van der Waals surface area contributed by atoms with Crippen LogP contribution in [0.1, 0.15) is 43.2 Å². The van der Waals surface area contributed by atoms with Gasteiger partial charge in [-0.2, -0.15) is 11.8 Å². The van der Waals surface area contributed by atoms with Gasteiger partial charge in [0.2, 0.25) is 11.8 Å². The van der Waals surface area contributed by atoms with Crippen LogP contribution < -0.4 is 5.32 Å². The van der Waals surface area contributed by atoms with Crippen LogP contribution in [-0.4, -0.2) is 52.6 Å². The Bertz CT molecular complexity index is 671. The van der Waals surface area contributed by atoms with Gasteiger partial charge in [0.05, 0.1) is 5.25 Å². The summed E-state index contributed by atoms with van der Waals surface area (Å²) in [6, 6.07) is 8.43. The van der Waals surface area contributed by atoms with Crippen molar-refractivity contribution in [3.8, 4) is 0 Å². The maximum absolute atomic E-state index is 12.5. The SMILES string of the molecule is CSC1CC(O)N(CC2CCC(C(=O)NCCc3ccc(C)cc3)CC2)C1=O. The molecule has 1 aliphatic carbocycles. The summed E-state index contributed by atoms with van der Waals surface area (Å²) in [7, 11) is 0. The van der Waals surface area contributed by atoms with Crippen LogP contribution in [0, 0.1) is 18.8 Å². The van der Waals surface area contributed by atoms with Crippen LogP contribution in [-0.2, 0) is 16.0 Å². The summed E-state index contributed by atoms with van der Waals surface area (Å²) in [4.78, 5) is 26.4. The summed E-state index contributed by atoms with van der Waals surface area (Å²) in [5, 5.41) is 13.1. The third kappa shape index (κ3) is 5.29. The van der Waals surface area contributed by atoms with Crippen LogP contribution in [0.4, 0.5) is 0 Å². The highest BCUT2D eigenvalue weighted by Gasteiger charge is 2.39. The van der Waals surface area contributed by atoms with Gasteiger partial charge in [0.15, 0.2) is 0 Å². The summed E-state index contributed by atoms with van der Waals surface area (Å²) in [6.45, 7) is 3.37. The molecule has 2 aliphatic rings. The Hall–Kier alpha value is -1.53. The second-order valence-corrected chi connectivity index (χ2v) is 9.22. The lowest BCUT2D eigenvalue weighted by Gasteiger charge is -2.32. The molecule has 6 heteroatoms. The third-order valence-corrected chi connectivity index (χ3v) is 7.10. The molecule has 2 fully saturated rings. The molecule has 1 aliphatic heterocycles. The second-order valence-electron chi connectivity index (χ2n) is 8.18. The monoisotopic (exact) mass is 404 g/mol. The Morgan fingerprint density at radius 1 is 1.21 bits per heavy atom. The Morgan fingerprint density at radius 2 is 1.89 bits per heavy atom. The molecule has 3 rings (SSSR count). The van der Waals surface area contributed by atoms with E-state index in [-0.39, 0.29) is 23.0 Å². The number of nitrogens with zero attached hydrogens (tertiary/aromatic N) is 1. The first-order chi connectivity index (χ1) is 13.5. The van der Waals surface area contributed by atoms with E-state index >= 15 is 0 Å². The molecule has 5 nitrogen and oxygen atoms in total. The molecule has 2 amide bonds. The highest BCUT2D eigenvalue weighted by Crippen LogP contribution is 2.33. The highest BCUT2D eigenvalue weighted by molar-refractivity contribution is 7.99. The summed E-state index contributed by atoms with van der Waals surface area (Å²) >= 11 is 1.52. The molecular weight excluding hydrogens is 372 g/mol. The van der Waals surface area contributed by atoms with Gasteiger partial charge in [0.1, 0.15) is 6.23 Å². The minimum Gasteiger partial charge on any atom is -0.373 e. The molecule has 0 spiro atoms. The number of aliphatic hydroxyl groups excluding tert-OH is 1. The number of thioether (sulfide) groups is 1. The van der Waals surface area contributed by atoms with E-state index in [1.165, 1.54) is 22.9 Å². The van der Waals surface area contributed by atoms with Gasteiger partial charge in [0.25, 0.3) is 0 Å². The minimum absolute atomic E-state index is 0.0657. The lowest BCUT2D eigenvalue weighted by molar-refractivity contribution is -0.134. The molecule has 0 aromatic heterocycles. The van der Waals surface area contributed by atoms with Gasteiger partial charge in [-0.1, -0.05) is 29.8 Å². The lowest BCUT2D eigenvalue weighted by atomic mass is 9.81. The van der Waals surface area contributed by atoms with Gasteiger partial charge < -0.3 is 15.3 Å². The summed E-state index contributed by atoms with van der Waals surface area (Å²) < 4.78 is 0. The topological polar surface area (TPSA) is 69.6 Å². The van der Waals surface area contributed by atoms with Crippen LogP contribution in [0.2, 0.25) is 0 Å². The van der Waals surface area contributed by atoms with Crippen molar-refractivity contribution in [1.29, 1.82) is 0 Å². The molecule has 2 atom stereocenters. The zero-order valence-corrected chi connectivity index (χ0v) is 17.7. The van der Waals surface area contributed by atoms with E-state index in [1.54, 1.807) is 4.90 Å². The number of likely N-dealkylation sites (tertiary alicyclic amines) is 1. The fourth-order valence-electron chi connectivity index (χ4n) is 4.27. The number of benzene rings is 1. The van der Waals surface area contributed by atoms with E-state index in [9.17, 15) is 14.7 Å². The summed E-state index contributed by atoms with van der Waals surface area (Å²) in [5.41, 5.74) is 2.49. The first-order valence-electron chi connectivity index (χ1n) is 10.3. The van der Waals surface area contributed by atoms with Crippen molar-refractivity contribution < 1.29 is 14.7 Å². The van der Waals surface area contributed by atoms with Gasteiger partial charge in [-0.15, -0.1) is 0 Å². The molecule has 154 valence electrons. The van der Waals surface area contributed by atoms with Crippen LogP contribution in [0.15, 0.2) is 24.3 Å². The molecule has 2 N–H and O–H groups in total. The van der Waals surface area contributed by atoms with Gasteiger partial charge in [-0.3, -0.25) is 9.59 Å². The van der Waals surface area contributed by atoms with Crippen molar-refractivity contribution in [2.75, 3.05) is 19.3 Å². The second kappa shape index (κ2) is 9.79. The standard InChI is InChI=1S/C22H32N2O3S/c1-15-3-5-16(6-4-15)11-12-23-21(26)18-9-7-17(8-10-18)14-24-20(25)13-19(28-2)22(24)27/h3-6,17-20,25H,7-14H2,1-2H3,(H,23,26). The van der Waals surface area contributed by atoms with E-state index in [0.29, 0.717) is 25.4 Å². The van der Waals surface area contributed by atoms with Crippen LogP contribution >= 0.6 is 11.8 Å². The van der Waals surface area contributed by atoms with E-state index < -0.39 is 6.23 Å². The largest absolute Gasteiger partial charge is 0.373 e. The number of amides is 2. The quantitative estimate of drug-likeness (QED) is 0.733. The zero-order valence-electron chi connectivity index (χ0n) is 16.9. The molecular formula is C22H32N2O3S. The first-order valence-corrected chi connectivity index (χ1v) is 11.6. The molecule has 0 radical (unpaired) electrons. The molecule has 1 aromatic carbocycles. The maximum Gasteiger partial charge on any atom is 0.237 e. The van der Waals surface area contributed by atoms with E-state index in [0.717, 1.165) is 32.1 Å². The number of hydrogen-bond acceptors (Lipinski definition) is 4. The van der Waals surface area contributed by atoms with Crippen molar-refractivity contribution in [2.45, 2.75) is 56.9 Å². The number of carbonyl (C=O) groups is 2. The fraction of sp³-hybridized carbons (Fsp3) is 0.636. The smallest absolute Gasteiger partial charge is 0.237 e. The van der Waals surface area contributed by atoms with Crippen molar-refractivity contribution in [2.24, 2.45) is 11.8 Å². The minimum atomic E-state index is -0.646. The van der Waals surface area contributed by atoms with Crippen molar-refractivity contribution in [3.63, 3.8) is 0 Å². The Labute approximate surface area is 172 Å². The maximum atomic E-state index is 12.5. The average Bonchev–Trinajstić information content (AvgIpc) is 2.97. The van der Waals surface area contributed by atoms with Crippen LogP contribution in [0.5, 0.6) is 0 Å². The van der Waals surface area contributed by atoms with E-state index in [4.69, 9.17) is 0 Å². The van der Waals surface area contributed by atoms with Crippen molar-refractivity contribution in [3.05, 3.63) is 35.4 Å². The number of rotatable bonds is 7. The lowest BCUT2D eigenvalue weighted by Crippen LogP contribution is -2.40. The number of nitrogens with one attached hydrogen (secondary N) is 1. The predicted octanol–water partition coefficient (Wildman–Crippen LogP) is 2.74. The molecule has 1 saturated heterocycles. The summed E-state index contributed by atoms with van der Waals surface area (Å²) in [6.07, 6.45) is 6.27. The highest BCUT2D eigenvalue weighted by atomic mass is 32.2. The zero-order chi connectivity index (χ0) is 20.1.